The first-order valence-corrected chi connectivity index (χ1v) is 6.15. The second-order valence-electron chi connectivity index (χ2n) is 4.82. The van der Waals surface area contributed by atoms with Crippen molar-refractivity contribution in [1.82, 2.24) is 10.3 Å². The summed E-state index contributed by atoms with van der Waals surface area (Å²) in [7, 11) is 1.59. The third kappa shape index (κ3) is 3.19. The van der Waals surface area contributed by atoms with E-state index in [4.69, 9.17) is 9.47 Å². The SMILES string of the molecule is COc1cncc(C(C)(O)CC2COCCN2)c1. The zero-order valence-electron chi connectivity index (χ0n) is 10.8. The number of aliphatic hydroxyl groups is 1. The first-order valence-electron chi connectivity index (χ1n) is 6.15. The molecule has 18 heavy (non-hydrogen) atoms. The highest BCUT2D eigenvalue weighted by Crippen LogP contribution is 2.28. The van der Waals surface area contributed by atoms with Crippen LogP contribution in [-0.4, -0.2) is 43.0 Å². The molecule has 1 aromatic rings. The van der Waals surface area contributed by atoms with Gasteiger partial charge in [-0.2, -0.15) is 0 Å². The summed E-state index contributed by atoms with van der Waals surface area (Å²) in [5, 5.41) is 13.9. The Bertz CT molecular complexity index is 390. The summed E-state index contributed by atoms with van der Waals surface area (Å²) in [5.41, 5.74) is -0.186. The normalized spacial score (nSPS) is 23.4. The molecule has 0 radical (unpaired) electrons. The van der Waals surface area contributed by atoms with E-state index in [2.05, 4.69) is 10.3 Å². The van der Waals surface area contributed by atoms with Gasteiger partial charge in [-0.25, -0.2) is 0 Å². The van der Waals surface area contributed by atoms with Gasteiger partial charge < -0.3 is 19.9 Å². The molecule has 1 aliphatic rings. The Morgan fingerprint density at radius 3 is 3.11 bits per heavy atom. The second kappa shape index (κ2) is 5.65. The van der Waals surface area contributed by atoms with Crippen molar-refractivity contribution in [3.05, 3.63) is 24.0 Å². The number of nitrogens with zero attached hydrogens (tertiary/aromatic N) is 1. The maximum absolute atomic E-state index is 10.6. The zero-order valence-corrected chi connectivity index (χ0v) is 10.8. The van der Waals surface area contributed by atoms with E-state index in [1.807, 2.05) is 6.07 Å². The van der Waals surface area contributed by atoms with Crippen molar-refractivity contribution < 1.29 is 14.6 Å². The van der Waals surface area contributed by atoms with Crippen molar-refractivity contribution >= 4 is 0 Å². The Hall–Kier alpha value is -1.17. The van der Waals surface area contributed by atoms with E-state index in [-0.39, 0.29) is 6.04 Å². The predicted octanol–water partition coefficient (Wildman–Crippen LogP) is 0.676. The maximum Gasteiger partial charge on any atom is 0.137 e. The van der Waals surface area contributed by atoms with Crippen LogP contribution < -0.4 is 10.1 Å². The predicted molar refractivity (Wildman–Crippen MR) is 67.6 cm³/mol. The highest BCUT2D eigenvalue weighted by Gasteiger charge is 2.29. The molecule has 0 spiro atoms. The summed E-state index contributed by atoms with van der Waals surface area (Å²) in [4.78, 5) is 4.08. The number of pyridine rings is 1. The fourth-order valence-corrected chi connectivity index (χ4v) is 2.17. The van der Waals surface area contributed by atoms with Crippen LogP contribution in [0.15, 0.2) is 18.5 Å². The van der Waals surface area contributed by atoms with Gasteiger partial charge in [0.15, 0.2) is 0 Å². The minimum atomic E-state index is -0.945. The number of ether oxygens (including phenoxy) is 2. The lowest BCUT2D eigenvalue weighted by Crippen LogP contribution is -2.45. The van der Waals surface area contributed by atoms with E-state index < -0.39 is 5.60 Å². The van der Waals surface area contributed by atoms with Crippen molar-refractivity contribution in [2.45, 2.75) is 25.0 Å². The molecule has 0 aliphatic carbocycles. The average Bonchev–Trinajstić information content (AvgIpc) is 2.39. The van der Waals surface area contributed by atoms with Crippen LogP contribution in [0.2, 0.25) is 0 Å². The molecule has 1 aliphatic heterocycles. The maximum atomic E-state index is 10.6. The molecule has 2 atom stereocenters. The number of hydrogen-bond donors (Lipinski definition) is 2. The van der Waals surface area contributed by atoms with Crippen LogP contribution in [0.25, 0.3) is 0 Å². The molecule has 1 aromatic heterocycles. The molecule has 0 amide bonds. The Morgan fingerprint density at radius 2 is 2.44 bits per heavy atom. The monoisotopic (exact) mass is 252 g/mol. The van der Waals surface area contributed by atoms with Crippen molar-refractivity contribution in [3.8, 4) is 5.75 Å². The molecule has 1 fully saturated rings. The van der Waals surface area contributed by atoms with E-state index >= 15 is 0 Å². The number of nitrogens with one attached hydrogen (secondary N) is 1. The van der Waals surface area contributed by atoms with Crippen LogP contribution in [-0.2, 0) is 10.3 Å². The first kappa shape index (κ1) is 13.3. The van der Waals surface area contributed by atoms with E-state index in [9.17, 15) is 5.11 Å². The summed E-state index contributed by atoms with van der Waals surface area (Å²) in [6, 6.07) is 1.98. The lowest BCUT2D eigenvalue weighted by molar-refractivity contribution is 0.00290. The van der Waals surface area contributed by atoms with Gasteiger partial charge in [0.05, 0.1) is 32.1 Å². The third-order valence-corrected chi connectivity index (χ3v) is 3.21. The molecule has 2 N–H and O–H groups in total. The van der Waals surface area contributed by atoms with Crippen molar-refractivity contribution in [1.29, 1.82) is 0 Å². The highest BCUT2D eigenvalue weighted by molar-refractivity contribution is 5.27. The van der Waals surface area contributed by atoms with Crippen LogP contribution in [0.5, 0.6) is 5.75 Å². The van der Waals surface area contributed by atoms with Crippen molar-refractivity contribution in [2.75, 3.05) is 26.9 Å². The summed E-state index contributed by atoms with van der Waals surface area (Å²) < 4.78 is 10.5. The number of rotatable bonds is 4. The lowest BCUT2D eigenvalue weighted by Gasteiger charge is -2.31. The van der Waals surface area contributed by atoms with Crippen molar-refractivity contribution in [3.63, 3.8) is 0 Å². The summed E-state index contributed by atoms with van der Waals surface area (Å²) >= 11 is 0. The highest BCUT2D eigenvalue weighted by atomic mass is 16.5. The van der Waals surface area contributed by atoms with Crippen molar-refractivity contribution in [2.24, 2.45) is 0 Å². The quantitative estimate of drug-likeness (QED) is 0.825. The molecule has 2 unspecified atom stereocenters. The fraction of sp³-hybridized carbons (Fsp3) is 0.615. The molecule has 2 rings (SSSR count). The Balaban J connectivity index is 2.08. The molecule has 0 saturated carbocycles. The summed E-state index contributed by atoms with van der Waals surface area (Å²) in [6.07, 6.45) is 3.88. The standard InChI is InChI=1S/C13H20N2O3/c1-13(16,6-11-9-18-4-3-15-11)10-5-12(17-2)8-14-7-10/h5,7-8,11,15-16H,3-4,6,9H2,1-2H3. The first-order chi connectivity index (χ1) is 8.62. The van der Waals surface area contributed by atoms with Crippen LogP contribution in [0.1, 0.15) is 18.9 Å². The van der Waals surface area contributed by atoms with E-state index in [1.165, 1.54) is 0 Å². The van der Waals surface area contributed by atoms with Crippen LogP contribution in [0, 0.1) is 0 Å². The average molecular weight is 252 g/mol. The topological polar surface area (TPSA) is 63.6 Å². The third-order valence-electron chi connectivity index (χ3n) is 3.21. The van der Waals surface area contributed by atoms with Crippen LogP contribution in [0.4, 0.5) is 0 Å². The largest absolute Gasteiger partial charge is 0.495 e. The van der Waals surface area contributed by atoms with Gasteiger partial charge in [0.1, 0.15) is 5.75 Å². The second-order valence-corrected chi connectivity index (χ2v) is 4.82. The number of methoxy groups -OCH3 is 1. The van der Waals surface area contributed by atoms with Gasteiger partial charge in [-0.15, -0.1) is 0 Å². The van der Waals surface area contributed by atoms with Crippen LogP contribution >= 0.6 is 0 Å². The molecule has 0 bridgehead atoms. The lowest BCUT2D eigenvalue weighted by atomic mass is 9.90. The Labute approximate surface area is 107 Å². The molecule has 0 aromatic carbocycles. The van der Waals surface area contributed by atoms with E-state index in [0.29, 0.717) is 18.8 Å². The molecule has 1 saturated heterocycles. The van der Waals surface area contributed by atoms with E-state index in [1.54, 1.807) is 26.4 Å². The number of aromatic nitrogens is 1. The van der Waals surface area contributed by atoms with Gasteiger partial charge in [-0.05, 0) is 19.4 Å². The Kier molecular flexibility index (Phi) is 4.16. The summed E-state index contributed by atoms with van der Waals surface area (Å²) in [5.74, 6) is 0.653. The van der Waals surface area contributed by atoms with Gasteiger partial charge >= 0.3 is 0 Å². The molecule has 2 heterocycles. The fourth-order valence-electron chi connectivity index (χ4n) is 2.17. The number of hydrogen-bond acceptors (Lipinski definition) is 5. The molecule has 5 nitrogen and oxygen atoms in total. The summed E-state index contributed by atoms with van der Waals surface area (Å²) in [6.45, 7) is 3.99. The minimum Gasteiger partial charge on any atom is -0.495 e. The van der Waals surface area contributed by atoms with Crippen LogP contribution in [0.3, 0.4) is 0 Å². The smallest absolute Gasteiger partial charge is 0.137 e. The van der Waals surface area contributed by atoms with Gasteiger partial charge in [-0.3, -0.25) is 4.98 Å². The van der Waals surface area contributed by atoms with Gasteiger partial charge in [0.25, 0.3) is 0 Å². The van der Waals surface area contributed by atoms with Gasteiger partial charge in [-0.1, -0.05) is 0 Å². The Morgan fingerprint density at radius 1 is 1.61 bits per heavy atom. The molecular weight excluding hydrogens is 232 g/mol. The minimum absolute atomic E-state index is 0.167. The zero-order chi connectivity index (χ0) is 13.0. The molecule has 5 heteroatoms. The number of morpholine rings is 1. The van der Waals surface area contributed by atoms with Gasteiger partial charge in [0.2, 0.25) is 0 Å². The van der Waals surface area contributed by atoms with E-state index in [0.717, 1.165) is 18.7 Å². The molecular formula is C13H20N2O3. The van der Waals surface area contributed by atoms with Gasteiger partial charge in [0, 0.05) is 24.3 Å². The molecule has 100 valence electrons.